The van der Waals surface area contributed by atoms with Crippen molar-refractivity contribution in [1.82, 2.24) is 10.2 Å². The second-order valence-electron chi connectivity index (χ2n) is 2.39. The fraction of sp³-hybridized carbons (Fsp3) is 0.900. The summed E-state index contributed by atoms with van der Waals surface area (Å²) < 4.78 is 0. The summed E-state index contributed by atoms with van der Waals surface area (Å²) in [5.74, 6) is 0. The molecule has 1 fully saturated rings. The molecular formula is C10H24N2O. The van der Waals surface area contributed by atoms with Gasteiger partial charge in [-0.25, -0.2) is 0 Å². The fourth-order valence-corrected chi connectivity index (χ4v) is 0.979. The summed E-state index contributed by atoms with van der Waals surface area (Å²) in [7, 11) is 1.97. The van der Waals surface area contributed by atoms with Gasteiger partial charge in [0.2, 0.25) is 0 Å². The Labute approximate surface area is 82.5 Å². The lowest BCUT2D eigenvalue weighted by Crippen LogP contribution is -2.49. The molecule has 0 aromatic rings. The van der Waals surface area contributed by atoms with Crippen LogP contribution in [0.5, 0.6) is 0 Å². The molecule has 1 atom stereocenters. The summed E-state index contributed by atoms with van der Waals surface area (Å²) in [6.07, 6.45) is 0.992. The van der Waals surface area contributed by atoms with Crippen LogP contribution in [0, 0.1) is 0 Å². The molecule has 0 aromatic heterocycles. The minimum Gasteiger partial charge on any atom is -0.313 e. The van der Waals surface area contributed by atoms with E-state index in [9.17, 15) is 4.79 Å². The number of nitrogens with one attached hydrogen (secondary N) is 1. The lowest BCUT2D eigenvalue weighted by atomic mass is 10.2. The number of hydrogen-bond donors (Lipinski definition) is 1. The zero-order valence-corrected chi connectivity index (χ0v) is 9.63. The molecule has 1 rings (SSSR count). The first kappa shape index (κ1) is 15.1. The molecule has 0 saturated carbocycles. The van der Waals surface area contributed by atoms with Crippen LogP contribution in [0.25, 0.3) is 0 Å². The van der Waals surface area contributed by atoms with Crippen molar-refractivity contribution in [1.29, 1.82) is 0 Å². The van der Waals surface area contributed by atoms with E-state index in [1.165, 1.54) is 0 Å². The van der Waals surface area contributed by atoms with Crippen LogP contribution in [-0.4, -0.2) is 43.9 Å². The summed E-state index contributed by atoms with van der Waals surface area (Å²) in [4.78, 5) is 12.3. The van der Waals surface area contributed by atoms with Crippen molar-refractivity contribution in [3.8, 4) is 0 Å². The molecule has 0 spiro atoms. The zero-order chi connectivity index (χ0) is 10.7. The molecule has 3 heteroatoms. The van der Waals surface area contributed by atoms with E-state index in [4.69, 9.17) is 0 Å². The van der Waals surface area contributed by atoms with E-state index in [-0.39, 0.29) is 6.04 Å². The van der Waals surface area contributed by atoms with Crippen molar-refractivity contribution in [2.24, 2.45) is 0 Å². The number of likely N-dealkylation sites (N-methyl/N-ethyl adjacent to an activating group) is 1. The smallest absolute Gasteiger partial charge is 0.138 e. The molecule has 0 amide bonds. The maximum Gasteiger partial charge on any atom is 0.138 e. The Hall–Kier alpha value is -0.410. The first-order chi connectivity index (χ1) is 6.34. The van der Waals surface area contributed by atoms with Crippen LogP contribution in [0.15, 0.2) is 0 Å². The molecule has 13 heavy (non-hydrogen) atoms. The quantitative estimate of drug-likeness (QED) is 0.626. The maximum atomic E-state index is 10.3. The Morgan fingerprint density at radius 1 is 1.31 bits per heavy atom. The highest BCUT2D eigenvalue weighted by molar-refractivity contribution is 5.58. The Balaban J connectivity index is 0. The Kier molecular flexibility index (Phi) is 13.4. The zero-order valence-electron chi connectivity index (χ0n) is 9.63. The van der Waals surface area contributed by atoms with E-state index in [1.54, 1.807) is 0 Å². The molecule has 1 aliphatic heterocycles. The van der Waals surface area contributed by atoms with E-state index in [1.807, 2.05) is 34.7 Å². The number of rotatable bonds is 1. The summed E-state index contributed by atoms with van der Waals surface area (Å²) >= 11 is 0. The van der Waals surface area contributed by atoms with Crippen LogP contribution in [0.4, 0.5) is 0 Å². The van der Waals surface area contributed by atoms with Gasteiger partial charge >= 0.3 is 0 Å². The number of nitrogens with zero attached hydrogens (tertiary/aromatic N) is 1. The van der Waals surface area contributed by atoms with Crippen LogP contribution in [-0.2, 0) is 4.79 Å². The highest BCUT2D eigenvalue weighted by atomic mass is 16.1. The molecule has 0 bridgehead atoms. The third-order valence-electron chi connectivity index (χ3n) is 1.72. The number of piperazine rings is 1. The maximum absolute atomic E-state index is 10.3. The van der Waals surface area contributed by atoms with Crippen molar-refractivity contribution in [3.05, 3.63) is 0 Å². The summed E-state index contributed by atoms with van der Waals surface area (Å²) in [5, 5.41) is 3.14. The fourth-order valence-electron chi connectivity index (χ4n) is 0.979. The standard InChI is InChI=1S/C6H12N2O.2C2H6/c1-8-3-2-7-4-6(8)5-9;2*1-2/h5-7H,2-4H2,1H3;2*1-2H3. The van der Waals surface area contributed by atoms with Crippen molar-refractivity contribution in [2.75, 3.05) is 26.7 Å². The number of aldehydes is 1. The Bertz CT molecular complexity index is 107. The first-order valence-electron chi connectivity index (χ1n) is 5.21. The van der Waals surface area contributed by atoms with E-state index in [2.05, 4.69) is 10.2 Å². The van der Waals surface area contributed by atoms with Crippen molar-refractivity contribution in [2.45, 2.75) is 33.7 Å². The van der Waals surface area contributed by atoms with Gasteiger partial charge < -0.3 is 10.1 Å². The molecular weight excluding hydrogens is 164 g/mol. The van der Waals surface area contributed by atoms with Crippen LogP contribution in [0.2, 0.25) is 0 Å². The van der Waals surface area contributed by atoms with Gasteiger partial charge in [-0.15, -0.1) is 0 Å². The second-order valence-corrected chi connectivity index (χ2v) is 2.39. The van der Waals surface area contributed by atoms with Gasteiger partial charge in [-0.1, -0.05) is 27.7 Å². The van der Waals surface area contributed by atoms with Crippen molar-refractivity contribution >= 4 is 6.29 Å². The van der Waals surface area contributed by atoms with Gasteiger partial charge in [0.1, 0.15) is 6.29 Å². The summed E-state index contributed by atoms with van der Waals surface area (Å²) in [6.45, 7) is 10.8. The predicted molar refractivity (Wildman–Crippen MR) is 58.0 cm³/mol. The number of hydrogen-bond acceptors (Lipinski definition) is 3. The molecule has 80 valence electrons. The molecule has 1 N–H and O–H groups in total. The molecule has 1 unspecified atom stereocenters. The Morgan fingerprint density at radius 3 is 2.15 bits per heavy atom. The number of carbonyl (C=O) groups excluding carboxylic acids is 1. The van der Waals surface area contributed by atoms with E-state index < -0.39 is 0 Å². The largest absolute Gasteiger partial charge is 0.313 e. The van der Waals surface area contributed by atoms with Gasteiger partial charge in [0.05, 0.1) is 6.04 Å². The van der Waals surface area contributed by atoms with Crippen LogP contribution in [0.1, 0.15) is 27.7 Å². The van der Waals surface area contributed by atoms with Gasteiger partial charge in [-0.3, -0.25) is 4.90 Å². The molecule has 1 heterocycles. The SMILES string of the molecule is CC.CC.CN1CCNCC1C=O. The highest BCUT2D eigenvalue weighted by Crippen LogP contribution is 1.94. The highest BCUT2D eigenvalue weighted by Gasteiger charge is 2.16. The Morgan fingerprint density at radius 2 is 1.85 bits per heavy atom. The number of carbonyl (C=O) groups is 1. The molecule has 0 aromatic carbocycles. The van der Waals surface area contributed by atoms with E-state index in [0.29, 0.717) is 0 Å². The van der Waals surface area contributed by atoms with Gasteiger partial charge in [-0.05, 0) is 7.05 Å². The molecule has 3 nitrogen and oxygen atoms in total. The minimum absolute atomic E-state index is 0.0961. The topological polar surface area (TPSA) is 32.3 Å². The monoisotopic (exact) mass is 188 g/mol. The van der Waals surface area contributed by atoms with Crippen LogP contribution in [0.3, 0.4) is 0 Å². The summed E-state index contributed by atoms with van der Waals surface area (Å²) in [6, 6.07) is 0.0961. The van der Waals surface area contributed by atoms with Gasteiger partial charge in [-0.2, -0.15) is 0 Å². The molecule has 1 saturated heterocycles. The van der Waals surface area contributed by atoms with Gasteiger partial charge in [0, 0.05) is 19.6 Å². The van der Waals surface area contributed by atoms with Crippen molar-refractivity contribution < 1.29 is 4.79 Å². The first-order valence-corrected chi connectivity index (χ1v) is 5.21. The molecule has 1 aliphatic rings. The minimum atomic E-state index is 0.0961. The molecule has 0 radical (unpaired) electrons. The predicted octanol–water partition coefficient (Wildman–Crippen LogP) is 1.14. The second kappa shape index (κ2) is 11.6. The van der Waals surface area contributed by atoms with E-state index in [0.717, 1.165) is 25.9 Å². The van der Waals surface area contributed by atoms with Crippen LogP contribution >= 0.6 is 0 Å². The lowest BCUT2D eigenvalue weighted by molar-refractivity contribution is -0.112. The van der Waals surface area contributed by atoms with Crippen molar-refractivity contribution in [3.63, 3.8) is 0 Å². The van der Waals surface area contributed by atoms with E-state index >= 15 is 0 Å². The third-order valence-corrected chi connectivity index (χ3v) is 1.72. The molecule has 0 aliphatic carbocycles. The summed E-state index contributed by atoms with van der Waals surface area (Å²) in [5.41, 5.74) is 0. The van der Waals surface area contributed by atoms with Gasteiger partial charge in [0.15, 0.2) is 0 Å². The van der Waals surface area contributed by atoms with Crippen LogP contribution < -0.4 is 5.32 Å². The lowest BCUT2D eigenvalue weighted by Gasteiger charge is -2.28. The average Bonchev–Trinajstić information content (AvgIpc) is 2.24. The third kappa shape index (κ3) is 6.72. The normalized spacial score (nSPS) is 21.8. The average molecular weight is 188 g/mol. The van der Waals surface area contributed by atoms with Gasteiger partial charge in [0.25, 0.3) is 0 Å².